The Kier molecular flexibility index (Phi) is 5.66. The maximum Gasteiger partial charge on any atom is 0.280 e. The zero-order valence-corrected chi connectivity index (χ0v) is 18.4. The van der Waals surface area contributed by atoms with Crippen LogP contribution in [0.4, 0.5) is 11.4 Å². The summed E-state index contributed by atoms with van der Waals surface area (Å²) in [5.74, 6) is 2.04. The standard InChI is InChI=1S/C23H19N5O4S/c1-2-13-33-23-25-22-20(26-27-23)14-7-3-5-9-16(14)24-21(32-22)19-12-11-18(31-19)15-8-4-6-10-17(15)28(29)30/h3-12,21,24H,2,13H2,1H3. The fourth-order valence-corrected chi connectivity index (χ4v) is 4.14. The Morgan fingerprint density at radius 3 is 2.67 bits per heavy atom. The Balaban J connectivity index is 1.54. The molecule has 0 fully saturated rings. The number of nitrogens with one attached hydrogen (secondary N) is 1. The van der Waals surface area contributed by atoms with Crippen LogP contribution in [0.1, 0.15) is 25.3 Å². The molecule has 1 N–H and O–H groups in total. The molecule has 1 atom stereocenters. The first kappa shape index (κ1) is 21.0. The number of aromatic nitrogens is 3. The van der Waals surface area contributed by atoms with Gasteiger partial charge in [0.2, 0.25) is 17.3 Å². The lowest BCUT2D eigenvalue weighted by Gasteiger charge is -2.16. The first-order valence-corrected chi connectivity index (χ1v) is 11.4. The van der Waals surface area contributed by atoms with Gasteiger partial charge in [-0.25, -0.2) is 0 Å². The number of rotatable bonds is 6. The SMILES string of the molecule is CCCSc1nnc2c(n1)OC(c1ccc(-c3ccccc3[N+](=O)[O-])o1)Nc1ccccc1-2. The number of hydrogen-bond donors (Lipinski definition) is 1. The zero-order chi connectivity index (χ0) is 22.8. The minimum Gasteiger partial charge on any atom is -0.455 e. The van der Waals surface area contributed by atoms with Crippen molar-refractivity contribution in [1.29, 1.82) is 0 Å². The van der Waals surface area contributed by atoms with Crippen LogP contribution in [0.25, 0.3) is 22.6 Å². The zero-order valence-electron chi connectivity index (χ0n) is 17.6. The molecule has 4 aromatic rings. The van der Waals surface area contributed by atoms with E-state index in [1.54, 1.807) is 30.3 Å². The van der Waals surface area contributed by atoms with E-state index in [2.05, 4.69) is 27.4 Å². The number of nitro benzene ring substituents is 1. The summed E-state index contributed by atoms with van der Waals surface area (Å²) in [5, 5.41) is 23.9. The fraction of sp³-hybridized carbons (Fsp3) is 0.174. The van der Waals surface area contributed by atoms with Crippen LogP contribution < -0.4 is 10.1 Å². The van der Waals surface area contributed by atoms with E-state index in [0.29, 0.717) is 33.8 Å². The summed E-state index contributed by atoms with van der Waals surface area (Å²) in [5.41, 5.74) is 2.50. The van der Waals surface area contributed by atoms with Gasteiger partial charge in [-0.1, -0.05) is 49.0 Å². The van der Waals surface area contributed by atoms with Crippen LogP contribution in [0, 0.1) is 10.1 Å². The number of hydrogen-bond acceptors (Lipinski definition) is 9. The van der Waals surface area contributed by atoms with Crippen LogP contribution >= 0.6 is 11.8 Å². The number of nitro groups is 1. The summed E-state index contributed by atoms with van der Waals surface area (Å²) < 4.78 is 12.2. The first-order valence-electron chi connectivity index (χ1n) is 10.4. The number of benzene rings is 2. The lowest BCUT2D eigenvalue weighted by atomic mass is 10.1. The molecule has 0 amide bonds. The van der Waals surface area contributed by atoms with Gasteiger partial charge in [0.1, 0.15) is 5.76 Å². The minimum absolute atomic E-state index is 0.0293. The van der Waals surface area contributed by atoms with Crippen molar-refractivity contribution in [1.82, 2.24) is 15.2 Å². The Bertz CT molecular complexity index is 1330. The molecule has 33 heavy (non-hydrogen) atoms. The van der Waals surface area contributed by atoms with Crippen LogP contribution in [0.3, 0.4) is 0 Å². The largest absolute Gasteiger partial charge is 0.455 e. The molecule has 9 nitrogen and oxygen atoms in total. The monoisotopic (exact) mass is 461 g/mol. The van der Waals surface area contributed by atoms with Crippen molar-refractivity contribution in [3.05, 3.63) is 76.5 Å². The van der Waals surface area contributed by atoms with E-state index in [1.165, 1.54) is 17.8 Å². The number of ether oxygens (including phenoxy) is 1. The van der Waals surface area contributed by atoms with Crippen molar-refractivity contribution in [2.24, 2.45) is 0 Å². The highest BCUT2D eigenvalue weighted by molar-refractivity contribution is 7.99. The summed E-state index contributed by atoms with van der Waals surface area (Å²) in [6.07, 6.45) is 0.268. The van der Waals surface area contributed by atoms with Crippen LogP contribution in [0.2, 0.25) is 0 Å². The Morgan fingerprint density at radius 2 is 1.85 bits per heavy atom. The summed E-state index contributed by atoms with van der Waals surface area (Å²) in [4.78, 5) is 15.6. The average Bonchev–Trinajstić information content (AvgIpc) is 3.27. The third-order valence-corrected chi connectivity index (χ3v) is 6.06. The number of furan rings is 1. The summed E-state index contributed by atoms with van der Waals surface area (Å²) in [6, 6.07) is 17.5. The van der Waals surface area contributed by atoms with Crippen LogP contribution in [0.5, 0.6) is 5.88 Å². The number of nitrogens with zero attached hydrogens (tertiary/aromatic N) is 4. The van der Waals surface area contributed by atoms with Gasteiger partial charge in [-0.2, -0.15) is 4.98 Å². The number of fused-ring (bicyclic) bond motifs is 3. The van der Waals surface area contributed by atoms with Crippen molar-refractivity contribution in [2.75, 3.05) is 11.1 Å². The van der Waals surface area contributed by atoms with Crippen molar-refractivity contribution >= 4 is 23.1 Å². The molecule has 1 unspecified atom stereocenters. The molecule has 1 aliphatic heterocycles. The fourth-order valence-electron chi connectivity index (χ4n) is 3.51. The third kappa shape index (κ3) is 4.12. The normalized spacial score (nSPS) is 14.4. The number of anilines is 1. The lowest BCUT2D eigenvalue weighted by molar-refractivity contribution is -0.384. The van der Waals surface area contributed by atoms with Gasteiger partial charge in [-0.05, 0) is 30.7 Å². The third-order valence-electron chi connectivity index (χ3n) is 5.02. The molecule has 0 aliphatic carbocycles. The molecule has 3 heterocycles. The second-order valence-electron chi connectivity index (χ2n) is 7.26. The second-order valence-corrected chi connectivity index (χ2v) is 8.32. The van der Waals surface area contributed by atoms with Crippen molar-refractivity contribution < 1.29 is 14.1 Å². The van der Waals surface area contributed by atoms with Gasteiger partial charge < -0.3 is 14.5 Å². The van der Waals surface area contributed by atoms with Crippen LogP contribution in [0.15, 0.2) is 70.2 Å². The highest BCUT2D eigenvalue weighted by atomic mass is 32.2. The van der Waals surface area contributed by atoms with Gasteiger partial charge in [0, 0.05) is 23.1 Å². The average molecular weight is 462 g/mol. The van der Waals surface area contributed by atoms with Gasteiger partial charge in [0.25, 0.3) is 5.69 Å². The number of para-hydroxylation sites is 2. The van der Waals surface area contributed by atoms with Gasteiger partial charge in [-0.15, -0.1) is 10.2 Å². The van der Waals surface area contributed by atoms with E-state index >= 15 is 0 Å². The summed E-state index contributed by atoms with van der Waals surface area (Å²) >= 11 is 1.51. The highest BCUT2D eigenvalue weighted by Crippen LogP contribution is 2.40. The summed E-state index contributed by atoms with van der Waals surface area (Å²) in [7, 11) is 0. The predicted octanol–water partition coefficient (Wildman–Crippen LogP) is 5.71. The Morgan fingerprint density at radius 1 is 1.06 bits per heavy atom. The molecule has 0 spiro atoms. The molecular weight excluding hydrogens is 442 g/mol. The molecule has 166 valence electrons. The predicted molar refractivity (Wildman–Crippen MR) is 124 cm³/mol. The molecule has 0 saturated heterocycles. The van der Waals surface area contributed by atoms with E-state index in [0.717, 1.165) is 23.4 Å². The lowest BCUT2D eigenvalue weighted by Crippen LogP contribution is -2.16. The van der Waals surface area contributed by atoms with Gasteiger partial charge in [-0.3, -0.25) is 10.1 Å². The minimum atomic E-state index is -0.718. The smallest absolute Gasteiger partial charge is 0.280 e. The van der Waals surface area contributed by atoms with E-state index in [1.807, 2.05) is 24.3 Å². The highest BCUT2D eigenvalue weighted by Gasteiger charge is 2.28. The number of thioether (sulfide) groups is 1. The maximum absolute atomic E-state index is 11.4. The van der Waals surface area contributed by atoms with Crippen LogP contribution in [-0.2, 0) is 0 Å². The molecule has 1 aliphatic rings. The van der Waals surface area contributed by atoms with Gasteiger partial charge in [0.15, 0.2) is 11.5 Å². The molecule has 5 rings (SSSR count). The van der Waals surface area contributed by atoms with E-state index < -0.39 is 11.2 Å². The molecule has 2 aromatic carbocycles. The van der Waals surface area contributed by atoms with Crippen molar-refractivity contribution in [2.45, 2.75) is 24.7 Å². The molecular formula is C23H19N5O4S. The van der Waals surface area contributed by atoms with Gasteiger partial charge in [0.05, 0.1) is 10.5 Å². The molecule has 0 radical (unpaired) electrons. The van der Waals surface area contributed by atoms with E-state index in [4.69, 9.17) is 9.15 Å². The molecule has 2 aromatic heterocycles. The summed E-state index contributed by atoms with van der Waals surface area (Å²) in [6.45, 7) is 2.09. The van der Waals surface area contributed by atoms with Crippen molar-refractivity contribution in [3.8, 4) is 28.5 Å². The quantitative estimate of drug-likeness (QED) is 0.219. The topological polar surface area (TPSA) is 116 Å². The molecule has 0 bridgehead atoms. The second kappa shape index (κ2) is 8.91. The van der Waals surface area contributed by atoms with Gasteiger partial charge >= 0.3 is 0 Å². The van der Waals surface area contributed by atoms with Crippen molar-refractivity contribution in [3.63, 3.8) is 0 Å². The van der Waals surface area contributed by atoms with Crippen LogP contribution in [-0.4, -0.2) is 25.9 Å². The first-order chi connectivity index (χ1) is 16.1. The molecule has 10 heteroatoms. The Labute approximate surface area is 193 Å². The van der Waals surface area contributed by atoms with E-state index in [-0.39, 0.29) is 5.69 Å². The maximum atomic E-state index is 11.4. The Hall–Kier alpha value is -3.92. The van der Waals surface area contributed by atoms with E-state index in [9.17, 15) is 10.1 Å². The molecule has 0 saturated carbocycles.